The minimum absolute atomic E-state index is 0.304. The van der Waals surface area contributed by atoms with Gasteiger partial charge in [0.15, 0.2) is 0 Å². The van der Waals surface area contributed by atoms with E-state index >= 15 is 0 Å². The summed E-state index contributed by atoms with van der Waals surface area (Å²) in [5, 5.41) is 4.41. The van der Waals surface area contributed by atoms with Crippen LogP contribution in [0, 0.1) is 0 Å². The monoisotopic (exact) mass is 266 g/mol. The molecule has 7 heteroatoms. The summed E-state index contributed by atoms with van der Waals surface area (Å²) in [6.45, 7) is 0.856. The Labute approximate surface area is 108 Å². The number of rotatable bonds is 5. The summed E-state index contributed by atoms with van der Waals surface area (Å²) in [5.41, 5.74) is 5.55. The molecule has 1 heterocycles. The van der Waals surface area contributed by atoms with Gasteiger partial charge in [-0.15, -0.1) is 0 Å². The number of halogens is 1. The van der Waals surface area contributed by atoms with Crippen molar-refractivity contribution in [3.05, 3.63) is 41.4 Å². The second-order valence-electron chi connectivity index (χ2n) is 3.51. The number of hydrogen-bond acceptors (Lipinski definition) is 4. The number of ether oxygens (including phenoxy) is 1. The molecule has 0 aliphatic heterocycles. The Bertz CT molecular complexity index is 542. The summed E-state index contributed by atoms with van der Waals surface area (Å²) in [4.78, 5) is 15.0. The molecule has 0 aliphatic carbocycles. The predicted molar refractivity (Wildman–Crippen MR) is 65.5 cm³/mol. The number of amides is 1. The van der Waals surface area contributed by atoms with Crippen LogP contribution in [0.3, 0.4) is 0 Å². The van der Waals surface area contributed by atoms with Crippen molar-refractivity contribution in [3.63, 3.8) is 0 Å². The van der Waals surface area contributed by atoms with Crippen LogP contribution in [0.4, 0.5) is 0 Å². The highest BCUT2D eigenvalue weighted by atomic mass is 35.5. The Morgan fingerprint density at radius 2 is 2.33 bits per heavy atom. The van der Waals surface area contributed by atoms with Crippen LogP contribution >= 0.6 is 11.6 Å². The largest absolute Gasteiger partial charge is 0.491 e. The fraction of sp³-hybridized carbons (Fsp3) is 0.182. The van der Waals surface area contributed by atoms with Gasteiger partial charge in [0.2, 0.25) is 0 Å². The fourth-order valence-electron chi connectivity index (χ4n) is 1.42. The summed E-state index contributed by atoms with van der Waals surface area (Å²) in [6.07, 6.45) is 3.02. The molecule has 0 fully saturated rings. The minimum Gasteiger partial charge on any atom is -0.491 e. The molecule has 2 aromatic rings. The number of hydrogen-bond donors (Lipinski definition) is 1. The lowest BCUT2D eigenvalue weighted by Crippen LogP contribution is -2.15. The molecule has 0 bridgehead atoms. The zero-order chi connectivity index (χ0) is 13.0. The third-order valence-corrected chi connectivity index (χ3v) is 2.49. The van der Waals surface area contributed by atoms with Crippen molar-refractivity contribution in [2.45, 2.75) is 6.54 Å². The number of nitrogens with zero attached hydrogens (tertiary/aromatic N) is 3. The minimum atomic E-state index is -0.553. The number of benzene rings is 1. The van der Waals surface area contributed by atoms with Gasteiger partial charge in [0.25, 0.3) is 5.91 Å². The zero-order valence-corrected chi connectivity index (χ0v) is 10.2. The van der Waals surface area contributed by atoms with Crippen LogP contribution in [-0.2, 0) is 6.54 Å². The van der Waals surface area contributed by atoms with Gasteiger partial charge in [0.05, 0.1) is 12.1 Å². The van der Waals surface area contributed by atoms with Gasteiger partial charge in [-0.25, -0.2) is 9.67 Å². The van der Waals surface area contributed by atoms with Crippen LogP contribution in [0.2, 0.25) is 5.02 Å². The molecule has 2 rings (SSSR count). The highest BCUT2D eigenvalue weighted by molar-refractivity contribution is 6.30. The molecule has 0 saturated heterocycles. The average Bonchev–Trinajstić information content (AvgIpc) is 2.82. The highest BCUT2D eigenvalue weighted by Crippen LogP contribution is 2.23. The summed E-state index contributed by atoms with van der Waals surface area (Å²) in [7, 11) is 0. The zero-order valence-electron chi connectivity index (χ0n) is 9.41. The maximum Gasteiger partial charge on any atom is 0.252 e. The third kappa shape index (κ3) is 2.98. The average molecular weight is 267 g/mol. The molecule has 0 radical (unpaired) electrons. The number of nitrogens with two attached hydrogens (primary N) is 1. The highest BCUT2D eigenvalue weighted by Gasteiger charge is 2.09. The summed E-state index contributed by atoms with van der Waals surface area (Å²) < 4.78 is 7.10. The first-order chi connectivity index (χ1) is 8.66. The Balaban J connectivity index is 2.03. The molecule has 0 aliphatic rings. The molecule has 1 amide bonds. The van der Waals surface area contributed by atoms with Crippen molar-refractivity contribution in [3.8, 4) is 5.75 Å². The predicted octanol–water partition coefficient (Wildman–Crippen LogP) is 1.11. The lowest BCUT2D eigenvalue weighted by molar-refractivity contribution is 0.0996. The fourth-order valence-corrected chi connectivity index (χ4v) is 1.58. The van der Waals surface area contributed by atoms with Gasteiger partial charge in [0, 0.05) is 5.02 Å². The van der Waals surface area contributed by atoms with E-state index in [1.165, 1.54) is 12.4 Å². The van der Waals surface area contributed by atoms with E-state index in [0.717, 1.165) is 0 Å². The van der Waals surface area contributed by atoms with E-state index < -0.39 is 5.91 Å². The lowest BCUT2D eigenvalue weighted by Gasteiger charge is -2.09. The van der Waals surface area contributed by atoms with Crippen LogP contribution in [0.25, 0.3) is 0 Å². The molecule has 0 unspecified atom stereocenters. The molecule has 0 spiro atoms. The summed E-state index contributed by atoms with van der Waals surface area (Å²) >= 11 is 5.84. The second-order valence-corrected chi connectivity index (χ2v) is 3.95. The van der Waals surface area contributed by atoms with Gasteiger partial charge in [-0.05, 0) is 18.2 Å². The first-order valence-electron chi connectivity index (χ1n) is 5.21. The van der Waals surface area contributed by atoms with Crippen molar-refractivity contribution >= 4 is 17.5 Å². The number of primary amides is 1. The van der Waals surface area contributed by atoms with Crippen molar-refractivity contribution in [2.24, 2.45) is 5.73 Å². The van der Waals surface area contributed by atoms with Crippen LogP contribution in [0.15, 0.2) is 30.9 Å². The molecule has 94 valence electrons. The maximum absolute atomic E-state index is 11.2. The molecule has 0 atom stereocenters. The Hall–Kier alpha value is -2.08. The van der Waals surface area contributed by atoms with Gasteiger partial charge in [0.1, 0.15) is 25.0 Å². The van der Waals surface area contributed by atoms with Gasteiger partial charge < -0.3 is 10.5 Å². The molecule has 1 aromatic heterocycles. The van der Waals surface area contributed by atoms with Crippen molar-refractivity contribution in [1.29, 1.82) is 0 Å². The normalized spacial score (nSPS) is 10.3. The standard InChI is InChI=1S/C11H11ClN4O2/c12-8-1-2-9(11(13)17)10(5-8)18-4-3-16-7-14-6-15-16/h1-2,5-7H,3-4H2,(H2,13,17). The first kappa shape index (κ1) is 12.4. The van der Waals surface area contributed by atoms with E-state index in [0.29, 0.717) is 29.5 Å². The van der Waals surface area contributed by atoms with Crippen LogP contribution < -0.4 is 10.5 Å². The van der Waals surface area contributed by atoms with E-state index in [2.05, 4.69) is 10.1 Å². The van der Waals surface area contributed by atoms with Crippen molar-refractivity contribution in [1.82, 2.24) is 14.8 Å². The van der Waals surface area contributed by atoms with Gasteiger partial charge in [-0.3, -0.25) is 4.79 Å². The Kier molecular flexibility index (Phi) is 3.78. The number of carbonyl (C=O) groups is 1. The molecular formula is C11H11ClN4O2. The molecule has 1 aromatic carbocycles. The van der Waals surface area contributed by atoms with E-state index in [4.69, 9.17) is 22.1 Å². The molecule has 0 saturated carbocycles. The van der Waals surface area contributed by atoms with E-state index in [1.54, 1.807) is 23.1 Å². The van der Waals surface area contributed by atoms with Gasteiger partial charge >= 0.3 is 0 Å². The quantitative estimate of drug-likeness (QED) is 0.879. The van der Waals surface area contributed by atoms with E-state index in [9.17, 15) is 4.79 Å². The molecule has 2 N–H and O–H groups in total. The Morgan fingerprint density at radius 3 is 3.00 bits per heavy atom. The number of carbonyl (C=O) groups excluding carboxylic acids is 1. The smallest absolute Gasteiger partial charge is 0.252 e. The third-order valence-electron chi connectivity index (χ3n) is 2.25. The second kappa shape index (κ2) is 5.50. The van der Waals surface area contributed by atoms with Gasteiger partial charge in [-0.2, -0.15) is 5.10 Å². The van der Waals surface area contributed by atoms with Crippen LogP contribution in [0.5, 0.6) is 5.75 Å². The lowest BCUT2D eigenvalue weighted by atomic mass is 10.2. The number of aromatic nitrogens is 3. The van der Waals surface area contributed by atoms with Gasteiger partial charge in [-0.1, -0.05) is 11.6 Å². The maximum atomic E-state index is 11.2. The van der Waals surface area contributed by atoms with Crippen molar-refractivity contribution < 1.29 is 9.53 Å². The SMILES string of the molecule is NC(=O)c1ccc(Cl)cc1OCCn1cncn1. The molecule has 6 nitrogen and oxygen atoms in total. The van der Waals surface area contributed by atoms with Crippen LogP contribution in [-0.4, -0.2) is 27.3 Å². The van der Waals surface area contributed by atoms with E-state index in [-0.39, 0.29) is 0 Å². The molecular weight excluding hydrogens is 256 g/mol. The Morgan fingerprint density at radius 1 is 1.50 bits per heavy atom. The van der Waals surface area contributed by atoms with E-state index in [1.807, 2.05) is 0 Å². The van der Waals surface area contributed by atoms with Crippen molar-refractivity contribution in [2.75, 3.05) is 6.61 Å². The summed E-state index contributed by atoms with van der Waals surface area (Å²) in [6, 6.07) is 4.68. The summed E-state index contributed by atoms with van der Waals surface area (Å²) in [5.74, 6) is -0.183. The molecule has 18 heavy (non-hydrogen) atoms. The topological polar surface area (TPSA) is 83.0 Å². The first-order valence-corrected chi connectivity index (χ1v) is 5.59. The van der Waals surface area contributed by atoms with Crippen LogP contribution in [0.1, 0.15) is 10.4 Å².